The van der Waals surface area contributed by atoms with Gasteiger partial charge in [-0.15, -0.1) is 0 Å². The van der Waals surface area contributed by atoms with Crippen molar-refractivity contribution in [2.45, 2.75) is 26.4 Å². The highest BCUT2D eigenvalue weighted by Crippen LogP contribution is 2.25. The topological polar surface area (TPSA) is 57.6 Å². The fourth-order valence-electron chi connectivity index (χ4n) is 1.87. The van der Waals surface area contributed by atoms with Gasteiger partial charge in [0.15, 0.2) is 0 Å². The van der Waals surface area contributed by atoms with Gasteiger partial charge in [0.1, 0.15) is 0 Å². The largest absolute Gasteiger partial charge is 0.478 e. The summed E-state index contributed by atoms with van der Waals surface area (Å²) < 4.78 is 0. The van der Waals surface area contributed by atoms with Gasteiger partial charge in [-0.2, -0.15) is 0 Å². The molecule has 0 bridgehead atoms. The molecule has 0 spiro atoms. The molecule has 4 heteroatoms. The van der Waals surface area contributed by atoms with Gasteiger partial charge >= 0.3 is 5.97 Å². The number of carboxylic acids is 1. The van der Waals surface area contributed by atoms with Gasteiger partial charge in [0.25, 0.3) is 5.91 Å². The number of rotatable bonds is 2. The summed E-state index contributed by atoms with van der Waals surface area (Å²) in [6.07, 6.45) is 0. The van der Waals surface area contributed by atoms with E-state index in [0.29, 0.717) is 12.1 Å². The van der Waals surface area contributed by atoms with Crippen molar-refractivity contribution >= 4 is 11.9 Å². The zero-order chi connectivity index (χ0) is 11.9. The molecule has 0 radical (unpaired) electrons. The van der Waals surface area contributed by atoms with Crippen LogP contribution < -0.4 is 0 Å². The first-order chi connectivity index (χ1) is 7.50. The predicted molar refractivity (Wildman–Crippen MR) is 58.4 cm³/mol. The highest BCUT2D eigenvalue weighted by Gasteiger charge is 2.29. The molecule has 0 saturated heterocycles. The lowest BCUT2D eigenvalue weighted by Gasteiger charge is -2.19. The molecule has 0 fully saturated rings. The predicted octanol–water partition coefficient (Wildman–Crippen LogP) is 1.75. The molecular formula is C12H13NO3. The van der Waals surface area contributed by atoms with Crippen LogP contribution in [0.4, 0.5) is 0 Å². The molecule has 0 aliphatic carbocycles. The maximum Gasteiger partial charge on any atom is 0.335 e. The van der Waals surface area contributed by atoms with Crippen molar-refractivity contribution in [2.24, 2.45) is 0 Å². The third-order valence-electron chi connectivity index (χ3n) is 2.81. The maximum absolute atomic E-state index is 11.9. The second-order valence-corrected chi connectivity index (χ2v) is 4.20. The lowest BCUT2D eigenvalue weighted by Crippen LogP contribution is -2.30. The molecule has 1 amide bonds. The van der Waals surface area contributed by atoms with Gasteiger partial charge in [-0.3, -0.25) is 4.79 Å². The fraction of sp³-hybridized carbons (Fsp3) is 0.333. The number of aromatic carboxylic acids is 1. The molecule has 1 aromatic rings. The number of carbonyl (C=O) groups excluding carboxylic acids is 1. The Morgan fingerprint density at radius 3 is 2.69 bits per heavy atom. The molecule has 16 heavy (non-hydrogen) atoms. The second-order valence-electron chi connectivity index (χ2n) is 4.20. The van der Waals surface area contributed by atoms with E-state index in [1.165, 1.54) is 12.1 Å². The van der Waals surface area contributed by atoms with Gasteiger partial charge in [-0.05, 0) is 31.5 Å². The van der Waals surface area contributed by atoms with Crippen LogP contribution in [0.2, 0.25) is 0 Å². The van der Waals surface area contributed by atoms with Gasteiger partial charge in [-0.1, -0.05) is 6.07 Å². The summed E-state index contributed by atoms with van der Waals surface area (Å²) in [7, 11) is 0. The normalized spacial score (nSPS) is 14.4. The van der Waals surface area contributed by atoms with Crippen molar-refractivity contribution in [3.05, 3.63) is 34.9 Å². The van der Waals surface area contributed by atoms with Crippen molar-refractivity contribution in [3.8, 4) is 0 Å². The second kappa shape index (κ2) is 3.63. The summed E-state index contributed by atoms with van der Waals surface area (Å²) in [6.45, 7) is 4.47. The van der Waals surface area contributed by atoms with Crippen molar-refractivity contribution in [3.63, 3.8) is 0 Å². The number of hydrogen-bond acceptors (Lipinski definition) is 2. The lowest BCUT2D eigenvalue weighted by molar-refractivity contribution is 0.0696. The molecule has 1 N–H and O–H groups in total. The maximum atomic E-state index is 11.9. The smallest absolute Gasteiger partial charge is 0.335 e. The van der Waals surface area contributed by atoms with E-state index >= 15 is 0 Å². The summed E-state index contributed by atoms with van der Waals surface area (Å²) in [6, 6.07) is 4.85. The van der Waals surface area contributed by atoms with Gasteiger partial charge in [0, 0.05) is 18.2 Å². The fourth-order valence-corrected chi connectivity index (χ4v) is 1.87. The van der Waals surface area contributed by atoms with E-state index in [1.807, 2.05) is 13.8 Å². The van der Waals surface area contributed by atoms with Crippen LogP contribution in [-0.4, -0.2) is 27.9 Å². The summed E-state index contributed by atoms with van der Waals surface area (Å²) in [5.41, 5.74) is 1.59. The van der Waals surface area contributed by atoms with Gasteiger partial charge in [0.05, 0.1) is 5.56 Å². The Morgan fingerprint density at radius 1 is 1.44 bits per heavy atom. The molecule has 0 saturated carbocycles. The lowest BCUT2D eigenvalue weighted by atomic mass is 10.1. The average molecular weight is 219 g/mol. The minimum absolute atomic E-state index is 0.0758. The van der Waals surface area contributed by atoms with Gasteiger partial charge < -0.3 is 10.0 Å². The number of benzene rings is 1. The highest BCUT2D eigenvalue weighted by molar-refractivity contribution is 6.01. The highest BCUT2D eigenvalue weighted by atomic mass is 16.4. The van der Waals surface area contributed by atoms with Gasteiger partial charge in [0.2, 0.25) is 0 Å². The first-order valence-electron chi connectivity index (χ1n) is 5.18. The molecule has 2 rings (SSSR count). The Morgan fingerprint density at radius 2 is 2.12 bits per heavy atom. The quantitative estimate of drug-likeness (QED) is 0.824. The van der Waals surface area contributed by atoms with Crippen molar-refractivity contribution in [2.75, 3.05) is 0 Å². The third kappa shape index (κ3) is 1.56. The first-order valence-corrected chi connectivity index (χ1v) is 5.18. The Balaban J connectivity index is 2.42. The standard InChI is InChI=1S/C12H13NO3/c1-7(2)13-6-9-4-3-8(12(15)16)5-10(9)11(13)14/h3-5,7H,6H2,1-2H3,(H,15,16). The number of carboxylic acid groups (broad SMARTS) is 1. The third-order valence-corrected chi connectivity index (χ3v) is 2.81. The van der Waals surface area contributed by atoms with Crippen LogP contribution in [0.1, 0.15) is 40.1 Å². The average Bonchev–Trinajstić information content (AvgIpc) is 2.56. The summed E-state index contributed by atoms with van der Waals surface area (Å²) in [5.74, 6) is -1.08. The van der Waals surface area contributed by atoms with E-state index in [9.17, 15) is 9.59 Å². The van der Waals surface area contributed by atoms with Crippen LogP contribution in [0, 0.1) is 0 Å². The molecule has 0 atom stereocenters. The Labute approximate surface area is 93.5 Å². The van der Waals surface area contributed by atoms with Crippen molar-refractivity contribution in [1.82, 2.24) is 4.90 Å². The van der Waals surface area contributed by atoms with Crippen LogP contribution in [0.25, 0.3) is 0 Å². The van der Waals surface area contributed by atoms with Crippen LogP contribution in [-0.2, 0) is 6.54 Å². The molecule has 84 valence electrons. The monoisotopic (exact) mass is 219 g/mol. The molecule has 4 nitrogen and oxygen atoms in total. The molecule has 1 heterocycles. The molecular weight excluding hydrogens is 206 g/mol. The van der Waals surface area contributed by atoms with Crippen LogP contribution in [0.3, 0.4) is 0 Å². The van der Waals surface area contributed by atoms with Crippen LogP contribution in [0.5, 0.6) is 0 Å². The number of carbonyl (C=O) groups is 2. The van der Waals surface area contributed by atoms with E-state index in [2.05, 4.69) is 0 Å². The Kier molecular flexibility index (Phi) is 2.42. The SMILES string of the molecule is CC(C)N1Cc2ccc(C(=O)O)cc2C1=O. The summed E-state index contributed by atoms with van der Waals surface area (Å²) >= 11 is 0. The van der Waals surface area contributed by atoms with E-state index < -0.39 is 5.97 Å². The van der Waals surface area contributed by atoms with Gasteiger partial charge in [-0.25, -0.2) is 4.79 Å². The summed E-state index contributed by atoms with van der Waals surface area (Å²) in [5, 5.41) is 8.85. The molecule has 0 unspecified atom stereocenters. The zero-order valence-electron chi connectivity index (χ0n) is 9.23. The number of fused-ring (bicyclic) bond motifs is 1. The molecule has 1 aromatic carbocycles. The Bertz CT molecular complexity index is 465. The summed E-state index contributed by atoms with van der Waals surface area (Å²) in [4.78, 5) is 24.5. The number of nitrogens with zero attached hydrogens (tertiary/aromatic N) is 1. The zero-order valence-corrected chi connectivity index (χ0v) is 9.23. The van der Waals surface area contributed by atoms with E-state index in [4.69, 9.17) is 5.11 Å². The molecule has 1 aliphatic heterocycles. The first kappa shape index (κ1) is 10.7. The Hall–Kier alpha value is -1.84. The van der Waals surface area contributed by atoms with E-state index in [1.54, 1.807) is 11.0 Å². The van der Waals surface area contributed by atoms with Crippen molar-refractivity contribution < 1.29 is 14.7 Å². The van der Waals surface area contributed by atoms with Crippen molar-refractivity contribution in [1.29, 1.82) is 0 Å². The van der Waals surface area contributed by atoms with E-state index in [0.717, 1.165) is 5.56 Å². The van der Waals surface area contributed by atoms with Crippen LogP contribution >= 0.6 is 0 Å². The number of amides is 1. The molecule has 0 aromatic heterocycles. The van der Waals surface area contributed by atoms with Crippen LogP contribution in [0.15, 0.2) is 18.2 Å². The minimum atomic E-state index is -1.00. The molecule has 1 aliphatic rings. The number of hydrogen-bond donors (Lipinski definition) is 1. The minimum Gasteiger partial charge on any atom is -0.478 e. The van der Waals surface area contributed by atoms with E-state index in [-0.39, 0.29) is 17.5 Å².